The first-order valence-corrected chi connectivity index (χ1v) is 8.23. The molecule has 1 unspecified atom stereocenters. The lowest BCUT2D eigenvalue weighted by molar-refractivity contribution is 0.246. The third-order valence-electron chi connectivity index (χ3n) is 3.29. The van der Waals surface area contributed by atoms with E-state index in [-0.39, 0.29) is 6.04 Å². The molecule has 1 aliphatic heterocycles. The number of halogens is 2. The standard InChI is InChI=1S/C12H16ClFN2O2S/c13-7-6-10-4-1-2-9-16(10)19(17,18)12-11(14)5-3-8-15-12/h3,5,8,10H,1-2,4,6-7,9H2. The molecule has 0 radical (unpaired) electrons. The van der Waals surface area contributed by atoms with Crippen LogP contribution in [0.5, 0.6) is 0 Å². The van der Waals surface area contributed by atoms with Crippen LogP contribution in [0.4, 0.5) is 4.39 Å². The third kappa shape index (κ3) is 3.07. The highest BCUT2D eigenvalue weighted by Crippen LogP contribution is 2.27. The van der Waals surface area contributed by atoms with E-state index in [2.05, 4.69) is 4.98 Å². The van der Waals surface area contributed by atoms with Gasteiger partial charge in [0.05, 0.1) is 0 Å². The van der Waals surface area contributed by atoms with Crippen molar-refractivity contribution in [1.82, 2.24) is 9.29 Å². The van der Waals surface area contributed by atoms with Gasteiger partial charge in [-0.2, -0.15) is 4.31 Å². The SMILES string of the molecule is O=S(=O)(c1ncccc1F)N1CCCCC1CCCl. The molecule has 0 spiro atoms. The molecule has 0 aliphatic carbocycles. The summed E-state index contributed by atoms with van der Waals surface area (Å²) >= 11 is 5.72. The van der Waals surface area contributed by atoms with Gasteiger partial charge in [0, 0.05) is 24.7 Å². The lowest BCUT2D eigenvalue weighted by Crippen LogP contribution is -2.44. The van der Waals surface area contributed by atoms with Crippen molar-refractivity contribution in [3.8, 4) is 0 Å². The fourth-order valence-corrected chi connectivity index (χ4v) is 4.33. The Labute approximate surface area is 117 Å². The predicted molar refractivity (Wildman–Crippen MR) is 71.1 cm³/mol. The van der Waals surface area contributed by atoms with Crippen LogP contribution in [0, 0.1) is 5.82 Å². The summed E-state index contributed by atoms with van der Waals surface area (Å²) in [5.41, 5.74) is 0. The highest BCUT2D eigenvalue weighted by molar-refractivity contribution is 7.89. The summed E-state index contributed by atoms with van der Waals surface area (Å²) in [6.07, 6.45) is 4.39. The van der Waals surface area contributed by atoms with Crippen LogP contribution in [-0.2, 0) is 10.0 Å². The molecule has 0 amide bonds. The van der Waals surface area contributed by atoms with Gasteiger partial charge in [-0.1, -0.05) is 6.42 Å². The Kier molecular flexibility index (Phi) is 4.76. The van der Waals surface area contributed by atoms with Crippen LogP contribution in [0.2, 0.25) is 0 Å². The molecular weight excluding hydrogens is 291 g/mol. The van der Waals surface area contributed by atoms with Crippen LogP contribution in [0.1, 0.15) is 25.7 Å². The van der Waals surface area contributed by atoms with Crippen LogP contribution < -0.4 is 0 Å². The van der Waals surface area contributed by atoms with Crippen LogP contribution in [-0.4, -0.2) is 36.2 Å². The van der Waals surface area contributed by atoms with Crippen LogP contribution >= 0.6 is 11.6 Å². The number of hydrogen-bond donors (Lipinski definition) is 0. The zero-order chi connectivity index (χ0) is 13.9. The van der Waals surface area contributed by atoms with E-state index in [1.165, 1.54) is 16.6 Å². The zero-order valence-corrected chi connectivity index (χ0v) is 12.0. The van der Waals surface area contributed by atoms with E-state index in [1.807, 2.05) is 0 Å². The fraction of sp³-hybridized carbons (Fsp3) is 0.583. The van der Waals surface area contributed by atoms with Gasteiger partial charge in [0.25, 0.3) is 10.0 Å². The van der Waals surface area contributed by atoms with Gasteiger partial charge in [-0.15, -0.1) is 11.6 Å². The van der Waals surface area contributed by atoms with Crippen molar-refractivity contribution in [2.45, 2.75) is 36.8 Å². The normalized spacial score (nSPS) is 21.5. The number of aromatic nitrogens is 1. The van der Waals surface area contributed by atoms with Gasteiger partial charge in [0.15, 0.2) is 5.82 Å². The molecule has 1 saturated heterocycles. The number of sulfonamides is 1. The molecule has 1 aromatic heterocycles. The first-order chi connectivity index (χ1) is 9.07. The lowest BCUT2D eigenvalue weighted by atomic mass is 10.0. The Morgan fingerprint density at radius 1 is 1.47 bits per heavy atom. The van der Waals surface area contributed by atoms with Crippen LogP contribution in [0.15, 0.2) is 23.4 Å². The number of alkyl halides is 1. The summed E-state index contributed by atoms with van der Waals surface area (Å²) in [5, 5.41) is -0.489. The topological polar surface area (TPSA) is 50.3 Å². The smallest absolute Gasteiger partial charge is 0.241 e. The molecule has 0 N–H and O–H groups in total. The molecule has 1 aliphatic rings. The molecule has 0 aromatic carbocycles. The van der Waals surface area contributed by atoms with Crippen LogP contribution in [0.3, 0.4) is 0 Å². The molecule has 4 nitrogen and oxygen atoms in total. The van der Waals surface area contributed by atoms with Gasteiger partial charge >= 0.3 is 0 Å². The average Bonchev–Trinajstić information content (AvgIpc) is 2.40. The van der Waals surface area contributed by atoms with E-state index >= 15 is 0 Å². The van der Waals surface area contributed by atoms with E-state index in [9.17, 15) is 12.8 Å². The Hall–Kier alpha value is -0.720. The highest BCUT2D eigenvalue weighted by Gasteiger charge is 2.35. The average molecular weight is 307 g/mol. The second-order valence-corrected chi connectivity index (χ2v) is 6.72. The quantitative estimate of drug-likeness (QED) is 0.803. The van der Waals surface area contributed by atoms with E-state index in [0.29, 0.717) is 18.8 Å². The first kappa shape index (κ1) is 14.7. The minimum Gasteiger partial charge on any atom is -0.241 e. The Bertz CT molecular complexity index is 536. The predicted octanol–water partition coefficient (Wildman–Crippen LogP) is 2.39. The summed E-state index contributed by atoms with van der Waals surface area (Å²) < 4.78 is 40.0. The van der Waals surface area contributed by atoms with Crippen molar-refractivity contribution < 1.29 is 12.8 Å². The van der Waals surface area contributed by atoms with Gasteiger partial charge in [0.2, 0.25) is 5.03 Å². The molecule has 1 atom stereocenters. The molecule has 7 heteroatoms. The monoisotopic (exact) mass is 306 g/mol. The van der Waals surface area contributed by atoms with Gasteiger partial charge < -0.3 is 0 Å². The van der Waals surface area contributed by atoms with Crippen molar-refractivity contribution in [3.05, 3.63) is 24.1 Å². The summed E-state index contributed by atoms with van der Waals surface area (Å²) in [5.74, 6) is -0.417. The molecule has 106 valence electrons. The lowest BCUT2D eigenvalue weighted by Gasteiger charge is -2.34. The molecule has 2 heterocycles. The number of pyridine rings is 1. The molecule has 19 heavy (non-hydrogen) atoms. The summed E-state index contributed by atoms with van der Waals surface area (Å²) in [6.45, 7) is 0.403. The number of nitrogens with zero attached hydrogens (tertiary/aromatic N) is 2. The van der Waals surface area contributed by atoms with E-state index in [1.54, 1.807) is 0 Å². The van der Waals surface area contributed by atoms with Gasteiger partial charge in [-0.25, -0.2) is 17.8 Å². The maximum Gasteiger partial charge on any atom is 0.263 e. The van der Waals surface area contributed by atoms with E-state index < -0.39 is 20.9 Å². The van der Waals surface area contributed by atoms with Gasteiger partial charge in [-0.3, -0.25) is 0 Å². The van der Waals surface area contributed by atoms with Crippen LogP contribution in [0.25, 0.3) is 0 Å². The van der Waals surface area contributed by atoms with Gasteiger partial charge in [0.1, 0.15) is 0 Å². The number of hydrogen-bond acceptors (Lipinski definition) is 3. The minimum absolute atomic E-state index is 0.155. The van der Waals surface area contributed by atoms with E-state index in [0.717, 1.165) is 25.3 Å². The Morgan fingerprint density at radius 2 is 2.26 bits per heavy atom. The molecule has 2 rings (SSSR count). The maximum atomic E-state index is 13.7. The second-order valence-electron chi connectivity index (χ2n) is 4.53. The van der Waals surface area contributed by atoms with Crippen molar-refractivity contribution in [2.75, 3.05) is 12.4 Å². The van der Waals surface area contributed by atoms with Crippen molar-refractivity contribution in [1.29, 1.82) is 0 Å². The Morgan fingerprint density at radius 3 is 2.95 bits per heavy atom. The van der Waals surface area contributed by atoms with Crippen molar-refractivity contribution in [3.63, 3.8) is 0 Å². The van der Waals surface area contributed by atoms with Crippen molar-refractivity contribution in [2.24, 2.45) is 0 Å². The summed E-state index contributed by atoms with van der Waals surface area (Å²) in [7, 11) is -3.88. The largest absolute Gasteiger partial charge is 0.263 e. The zero-order valence-electron chi connectivity index (χ0n) is 10.4. The van der Waals surface area contributed by atoms with Crippen molar-refractivity contribution >= 4 is 21.6 Å². The van der Waals surface area contributed by atoms with Gasteiger partial charge in [-0.05, 0) is 31.4 Å². The molecule has 0 bridgehead atoms. The molecule has 1 fully saturated rings. The fourth-order valence-electron chi connectivity index (χ4n) is 2.38. The third-order valence-corrected chi connectivity index (χ3v) is 5.40. The molecular formula is C12H16ClFN2O2S. The first-order valence-electron chi connectivity index (χ1n) is 6.25. The highest BCUT2D eigenvalue weighted by atomic mass is 35.5. The molecule has 1 aromatic rings. The minimum atomic E-state index is -3.88. The molecule has 0 saturated carbocycles. The van der Waals surface area contributed by atoms with E-state index in [4.69, 9.17) is 11.6 Å². The maximum absolute atomic E-state index is 13.7. The number of rotatable bonds is 4. The Balaban J connectivity index is 2.35. The summed E-state index contributed by atoms with van der Waals surface area (Å²) in [6, 6.07) is 2.33. The number of piperidine rings is 1. The second kappa shape index (κ2) is 6.15. The summed E-state index contributed by atoms with van der Waals surface area (Å²) in [4.78, 5) is 3.68.